The molecule has 1 unspecified atom stereocenters. The van der Waals surface area contributed by atoms with Gasteiger partial charge in [0.25, 0.3) is 0 Å². The van der Waals surface area contributed by atoms with Crippen molar-refractivity contribution in [3.63, 3.8) is 0 Å². The zero-order valence-electron chi connectivity index (χ0n) is 13.7. The minimum atomic E-state index is -0.340. The van der Waals surface area contributed by atoms with Gasteiger partial charge in [-0.3, -0.25) is 14.5 Å². The number of anilines is 2. The molecule has 23 heavy (non-hydrogen) atoms. The van der Waals surface area contributed by atoms with Crippen molar-refractivity contribution in [2.24, 2.45) is 5.92 Å². The molecular weight excluding hydrogens is 292 g/mol. The maximum atomic E-state index is 12.4. The van der Waals surface area contributed by atoms with Gasteiger partial charge in [-0.2, -0.15) is 0 Å². The van der Waals surface area contributed by atoms with E-state index in [-0.39, 0.29) is 30.6 Å². The Labute approximate surface area is 137 Å². The highest BCUT2D eigenvalue weighted by atomic mass is 16.5. The minimum absolute atomic E-state index is 0.00406. The Morgan fingerprint density at radius 1 is 1.22 bits per heavy atom. The number of para-hydroxylation sites is 2. The quantitative estimate of drug-likeness (QED) is 0.871. The first kappa shape index (κ1) is 15.8. The molecule has 1 aromatic rings. The fourth-order valence-corrected chi connectivity index (χ4v) is 3.34. The summed E-state index contributed by atoms with van der Waals surface area (Å²) in [6.07, 6.45) is 4.06. The monoisotopic (exact) mass is 316 g/mol. The third kappa shape index (κ3) is 3.49. The predicted molar refractivity (Wildman–Crippen MR) is 89.4 cm³/mol. The van der Waals surface area contributed by atoms with Crippen molar-refractivity contribution in [2.45, 2.75) is 51.7 Å². The number of nitrogens with one attached hydrogen (secondary N) is 1. The molecule has 5 heteroatoms. The zero-order chi connectivity index (χ0) is 16.4. The van der Waals surface area contributed by atoms with Crippen LogP contribution in [0.15, 0.2) is 24.3 Å². The third-order valence-electron chi connectivity index (χ3n) is 4.75. The van der Waals surface area contributed by atoms with Gasteiger partial charge < -0.3 is 10.1 Å². The van der Waals surface area contributed by atoms with E-state index < -0.39 is 0 Å². The molecule has 0 radical (unpaired) electrons. The Balaban J connectivity index is 1.66. The summed E-state index contributed by atoms with van der Waals surface area (Å²) >= 11 is 0. The summed E-state index contributed by atoms with van der Waals surface area (Å²) in [6, 6.07) is 7.20. The summed E-state index contributed by atoms with van der Waals surface area (Å²) in [6.45, 7) is 4.02. The summed E-state index contributed by atoms with van der Waals surface area (Å²) in [5, 5.41) is 3.16. The van der Waals surface area contributed by atoms with Gasteiger partial charge in [-0.05, 0) is 50.7 Å². The Hall–Kier alpha value is -2.04. The molecule has 1 heterocycles. The van der Waals surface area contributed by atoms with Crippen LogP contribution in [0.3, 0.4) is 0 Å². The van der Waals surface area contributed by atoms with Crippen molar-refractivity contribution >= 4 is 23.3 Å². The SMILES string of the molecule is CC1CCC(OC(=O)CN2C(=O)C(C)Nc3ccccc32)CC1. The van der Waals surface area contributed by atoms with Crippen LogP contribution < -0.4 is 10.2 Å². The van der Waals surface area contributed by atoms with Crippen molar-refractivity contribution in [1.82, 2.24) is 0 Å². The molecule has 1 aromatic carbocycles. The number of hydrogen-bond donors (Lipinski definition) is 1. The Bertz CT molecular complexity index is 594. The summed E-state index contributed by atoms with van der Waals surface area (Å²) < 4.78 is 5.59. The number of rotatable bonds is 3. The molecular formula is C18H24N2O3. The topological polar surface area (TPSA) is 58.6 Å². The summed E-state index contributed by atoms with van der Waals surface area (Å²) in [5.74, 6) is 0.298. The van der Waals surface area contributed by atoms with Gasteiger partial charge in [0.2, 0.25) is 5.91 Å². The Kier molecular flexibility index (Phi) is 4.55. The number of hydrogen-bond acceptors (Lipinski definition) is 4. The van der Waals surface area contributed by atoms with Gasteiger partial charge in [0.15, 0.2) is 0 Å². The fourth-order valence-electron chi connectivity index (χ4n) is 3.34. The van der Waals surface area contributed by atoms with Crippen molar-refractivity contribution < 1.29 is 14.3 Å². The van der Waals surface area contributed by atoms with Crippen LogP contribution in [-0.4, -0.2) is 30.6 Å². The molecule has 5 nitrogen and oxygen atoms in total. The lowest BCUT2D eigenvalue weighted by Gasteiger charge is -2.34. The first-order valence-corrected chi connectivity index (χ1v) is 8.41. The van der Waals surface area contributed by atoms with E-state index in [9.17, 15) is 9.59 Å². The van der Waals surface area contributed by atoms with Gasteiger partial charge in [0.1, 0.15) is 18.7 Å². The molecule has 0 bridgehead atoms. The molecule has 0 spiro atoms. The van der Waals surface area contributed by atoms with Crippen LogP contribution in [-0.2, 0) is 14.3 Å². The number of carbonyl (C=O) groups is 2. The van der Waals surface area contributed by atoms with E-state index in [1.54, 1.807) is 6.92 Å². The van der Waals surface area contributed by atoms with E-state index in [2.05, 4.69) is 12.2 Å². The molecule has 124 valence electrons. The molecule has 1 saturated carbocycles. The molecule has 3 rings (SSSR count). The van der Waals surface area contributed by atoms with Crippen LogP contribution in [0, 0.1) is 5.92 Å². The first-order chi connectivity index (χ1) is 11.0. The molecule has 0 aromatic heterocycles. The number of benzene rings is 1. The average Bonchev–Trinajstić information content (AvgIpc) is 2.54. The standard InChI is InChI=1S/C18H24N2O3/c1-12-7-9-14(10-8-12)23-17(21)11-20-16-6-4-3-5-15(16)19-13(2)18(20)22/h3-6,12-14,19H,7-11H2,1-2H3. The maximum absolute atomic E-state index is 12.4. The smallest absolute Gasteiger partial charge is 0.326 e. The largest absolute Gasteiger partial charge is 0.461 e. The zero-order valence-corrected chi connectivity index (χ0v) is 13.7. The molecule has 1 aliphatic heterocycles. The minimum Gasteiger partial charge on any atom is -0.461 e. The number of esters is 1. The van der Waals surface area contributed by atoms with Crippen LogP contribution >= 0.6 is 0 Å². The lowest BCUT2D eigenvalue weighted by atomic mass is 9.89. The van der Waals surface area contributed by atoms with Gasteiger partial charge in [0.05, 0.1) is 11.4 Å². The fraction of sp³-hybridized carbons (Fsp3) is 0.556. The first-order valence-electron chi connectivity index (χ1n) is 8.41. The van der Waals surface area contributed by atoms with E-state index in [0.717, 1.165) is 37.1 Å². The van der Waals surface area contributed by atoms with Gasteiger partial charge in [-0.1, -0.05) is 19.1 Å². The number of amides is 1. The van der Waals surface area contributed by atoms with Gasteiger partial charge >= 0.3 is 5.97 Å². The second-order valence-corrected chi connectivity index (χ2v) is 6.68. The van der Waals surface area contributed by atoms with Gasteiger partial charge in [0, 0.05) is 0 Å². The molecule has 1 aliphatic carbocycles. The molecule has 1 amide bonds. The van der Waals surface area contributed by atoms with E-state index in [0.29, 0.717) is 5.92 Å². The lowest BCUT2D eigenvalue weighted by molar-refractivity contribution is -0.149. The van der Waals surface area contributed by atoms with Crippen LogP contribution in [0.1, 0.15) is 39.5 Å². The molecule has 1 N–H and O–H groups in total. The van der Waals surface area contributed by atoms with E-state index in [4.69, 9.17) is 4.74 Å². The number of ether oxygens (including phenoxy) is 1. The highest BCUT2D eigenvalue weighted by molar-refractivity contribution is 6.07. The van der Waals surface area contributed by atoms with Crippen LogP contribution in [0.4, 0.5) is 11.4 Å². The van der Waals surface area contributed by atoms with E-state index in [1.165, 1.54) is 4.90 Å². The van der Waals surface area contributed by atoms with Gasteiger partial charge in [-0.15, -0.1) is 0 Å². The third-order valence-corrected chi connectivity index (χ3v) is 4.75. The van der Waals surface area contributed by atoms with Crippen molar-refractivity contribution in [2.75, 3.05) is 16.8 Å². The average molecular weight is 316 g/mol. The number of fused-ring (bicyclic) bond motifs is 1. The highest BCUT2D eigenvalue weighted by Gasteiger charge is 2.32. The molecule has 0 saturated heterocycles. The van der Waals surface area contributed by atoms with Crippen LogP contribution in [0.5, 0.6) is 0 Å². The molecule has 1 fully saturated rings. The summed E-state index contributed by atoms with van der Waals surface area (Å²) in [7, 11) is 0. The summed E-state index contributed by atoms with van der Waals surface area (Å²) in [4.78, 5) is 26.2. The Morgan fingerprint density at radius 3 is 2.65 bits per heavy atom. The number of carbonyl (C=O) groups excluding carboxylic acids is 2. The van der Waals surface area contributed by atoms with Crippen LogP contribution in [0.2, 0.25) is 0 Å². The van der Waals surface area contributed by atoms with E-state index in [1.807, 2.05) is 24.3 Å². The van der Waals surface area contributed by atoms with Crippen LogP contribution in [0.25, 0.3) is 0 Å². The van der Waals surface area contributed by atoms with Crippen molar-refractivity contribution in [1.29, 1.82) is 0 Å². The predicted octanol–water partition coefficient (Wildman–Crippen LogP) is 2.96. The normalized spacial score (nSPS) is 27.1. The molecule has 1 atom stereocenters. The van der Waals surface area contributed by atoms with Crippen molar-refractivity contribution in [3.05, 3.63) is 24.3 Å². The maximum Gasteiger partial charge on any atom is 0.326 e. The Morgan fingerprint density at radius 2 is 1.91 bits per heavy atom. The second-order valence-electron chi connectivity index (χ2n) is 6.68. The van der Waals surface area contributed by atoms with Crippen molar-refractivity contribution in [3.8, 4) is 0 Å². The van der Waals surface area contributed by atoms with Gasteiger partial charge in [-0.25, -0.2) is 0 Å². The second kappa shape index (κ2) is 6.60. The summed E-state index contributed by atoms with van der Waals surface area (Å²) in [5.41, 5.74) is 1.61. The highest BCUT2D eigenvalue weighted by Crippen LogP contribution is 2.31. The van der Waals surface area contributed by atoms with E-state index >= 15 is 0 Å². The number of nitrogens with zero attached hydrogens (tertiary/aromatic N) is 1. The molecule has 2 aliphatic rings. The lowest BCUT2D eigenvalue weighted by Crippen LogP contribution is -2.48.